The van der Waals surface area contributed by atoms with Crippen LogP contribution in [0.25, 0.3) is 0 Å². The van der Waals surface area contributed by atoms with Gasteiger partial charge >= 0.3 is 0 Å². The molecule has 1 aromatic rings. The van der Waals surface area contributed by atoms with Crippen LogP contribution in [0.1, 0.15) is 35.0 Å². The summed E-state index contributed by atoms with van der Waals surface area (Å²) in [4.78, 5) is 7.02. The molecule has 0 radical (unpaired) electrons. The minimum Gasteiger partial charge on any atom is -0.384 e. The molecule has 0 spiro atoms. The van der Waals surface area contributed by atoms with Crippen molar-refractivity contribution in [3.63, 3.8) is 0 Å². The van der Waals surface area contributed by atoms with Gasteiger partial charge in [0.25, 0.3) is 0 Å². The Morgan fingerprint density at radius 1 is 1.73 bits per heavy atom. The van der Waals surface area contributed by atoms with Gasteiger partial charge in [-0.2, -0.15) is 0 Å². The van der Waals surface area contributed by atoms with Gasteiger partial charge in [0.15, 0.2) is 0 Å². The van der Waals surface area contributed by atoms with Crippen LogP contribution >= 0.6 is 11.6 Å². The van der Waals surface area contributed by atoms with Crippen molar-refractivity contribution in [2.75, 3.05) is 5.73 Å². The number of aromatic nitrogens is 2. The summed E-state index contributed by atoms with van der Waals surface area (Å²) >= 11 is 5.57. The molecule has 1 aromatic heterocycles. The standard InChI is InChI=1S/C7H10ClN3/c1-4(2)7-10-5(8)3-6(9)11-7/h3-4H,1-2H3,(H2,9,10,11)/i1D3,2D3,4D. The zero-order valence-electron chi connectivity index (χ0n) is 12.4. The molecule has 1 heterocycles. The fourth-order valence-electron chi connectivity index (χ4n) is 0.547. The Labute approximate surface area is 80.4 Å². The van der Waals surface area contributed by atoms with Crippen LogP contribution < -0.4 is 5.73 Å². The number of hydrogen-bond donors (Lipinski definition) is 1. The van der Waals surface area contributed by atoms with Crippen LogP contribution in [0, 0.1) is 0 Å². The molecule has 0 amide bonds. The Hall–Kier alpha value is -0.830. The third kappa shape index (κ3) is 2.05. The molecule has 0 fully saturated rings. The Balaban J connectivity index is 3.55. The third-order valence-corrected chi connectivity index (χ3v) is 1.13. The van der Waals surface area contributed by atoms with Crippen molar-refractivity contribution in [3.05, 3.63) is 17.0 Å². The summed E-state index contributed by atoms with van der Waals surface area (Å²) in [6, 6.07) is 1.13. The largest absolute Gasteiger partial charge is 0.384 e. The molecule has 0 atom stereocenters. The molecule has 1 rings (SSSR count). The van der Waals surface area contributed by atoms with E-state index in [2.05, 4.69) is 9.97 Å². The minimum atomic E-state index is -3.16. The Morgan fingerprint density at radius 2 is 2.45 bits per heavy atom. The molecule has 0 aliphatic heterocycles. The molecule has 0 bridgehead atoms. The zero-order valence-corrected chi connectivity index (χ0v) is 6.18. The van der Waals surface area contributed by atoms with E-state index >= 15 is 0 Å². The van der Waals surface area contributed by atoms with Gasteiger partial charge in [0.1, 0.15) is 16.8 Å². The van der Waals surface area contributed by atoms with Gasteiger partial charge in [0.2, 0.25) is 0 Å². The average molecular weight is 179 g/mol. The summed E-state index contributed by atoms with van der Waals surface area (Å²) < 4.78 is 51.2. The highest BCUT2D eigenvalue weighted by atomic mass is 35.5. The summed E-state index contributed by atoms with van der Waals surface area (Å²) in [7, 11) is 0. The number of nitrogens with two attached hydrogens (primary N) is 1. The van der Waals surface area contributed by atoms with E-state index in [-0.39, 0.29) is 11.0 Å². The Bertz CT molecular complexity index is 421. The van der Waals surface area contributed by atoms with Gasteiger partial charge in [0, 0.05) is 21.6 Å². The summed E-state index contributed by atoms with van der Waals surface area (Å²) in [5.74, 6) is -3.93. The second-order valence-electron chi connectivity index (χ2n) is 1.81. The lowest BCUT2D eigenvalue weighted by Gasteiger charge is -2.03. The topological polar surface area (TPSA) is 51.8 Å². The maximum absolute atomic E-state index is 7.79. The fraction of sp³-hybridized carbons (Fsp3) is 0.429. The molecule has 0 unspecified atom stereocenters. The van der Waals surface area contributed by atoms with Crippen LogP contribution in [0.2, 0.25) is 5.15 Å². The second-order valence-corrected chi connectivity index (χ2v) is 2.20. The van der Waals surface area contributed by atoms with Gasteiger partial charge in [-0.05, 0) is 0 Å². The van der Waals surface area contributed by atoms with Crippen LogP contribution in [-0.4, -0.2) is 9.97 Å². The van der Waals surface area contributed by atoms with Gasteiger partial charge in [-0.25, -0.2) is 9.97 Å². The molecule has 60 valence electrons. The van der Waals surface area contributed by atoms with Crippen molar-refractivity contribution in [1.29, 1.82) is 0 Å². The van der Waals surface area contributed by atoms with E-state index in [1.54, 1.807) is 0 Å². The summed E-state index contributed by atoms with van der Waals surface area (Å²) in [5, 5.41) is -0.220. The number of hydrogen-bond acceptors (Lipinski definition) is 3. The van der Waals surface area contributed by atoms with Gasteiger partial charge in [-0.1, -0.05) is 25.3 Å². The summed E-state index contributed by atoms with van der Waals surface area (Å²) in [6.07, 6.45) is 0. The normalized spacial score (nSPS) is 23.2. The van der Waals surface area contributed by atoms with E-state index in [0.29, 0.717) is 0 Å². The lowest BCUT2D eigenvalue weighted by atomic mass is 10.2. The zero-order chi connectivity index (χ0) is 14.4. The average Bonchev–Trinajstić information content (AvgIpc) is 2.11. The van der Waals surface area contributed by atoms with Crippen LogP contribution in [0.3, 0.4) is 0 Å². The Morgan fingerprint density at radius 3 is 3.00 bits per heavy atom. The van der Waals surface area contributed by atoms with Crippen molar-refractivity contribution in [2.45, 2.75) is 19.6 Å². The number of anilines is 1. The van der Waals surface area contributed by atoms with Gasteiger partial charge in [-0.3, -0.25) is 0 Å². The Kier molecular flexibility index (Phi) is 0.804. The van der Waals surface area contributed by atoms with Crippen molar-refractivity contribution in [1.82, 2.24) is 9.97 Å². The molecule has 0 saturated heterocycles. The molecule has 0 aromatic carbocycles. The van der Waals surface area contributed by atoms with Crippen LogP contribution in [0.4, 0.5) is 5.82 Å². The number of halogens is 1. The quantitative estimate of drug-likeness (QED) is 0.668. The number of nitrogen functional groups attached to an aromatic ring is 1. The maximum Gasteiger partial charge on any atom is 0.134 e. The first-order valence-electron chi connectivity index (χ1n) is 6.20. The summed E-state index contributed by atoms with van der Waals surface area (Å²) in [6.45, 7) is -6.31. The highest BCUT2D eigenvalue weighted by molar-refractivity contribution is 6.29. The summed E-state index contributed by atoms with van der Waals surface area (Å²) in [5.41, 5.74) is 5.36. The van der Waals surface area contributed by atoms with E-state index in [1.807, 2.05) is 0 Å². The molecule has 0 aliphatic carbocycles. The molecular weight excluding hydrogens is 162 g/mol. The first-order valence-corrected chi connectivity index (χ1v) is 3.08. The van der Waals surface area contributed by atoms with Gasteiger partial charge < -0.3 is 5.73 Å². The van der Waals surface area contributed by atoms with Gasteiger partial charge in [0.05, 0.1) is 0 Å². The van der Waals surface area contributed by atoms with E-state index in [1.165, 1.54) is 0 Å². The monoisotopic (exact) mass is 178 g/mol. The predicted octanol–water partition coefficient (Wildman–Crippen LogP) is 1.84. The maximum atomic E-state index is 7.79. The van der Waals surface area contributed by atoms with E-state index in [4.69, 9.17) is 26.9 Å². The van der Waals surface area contributed by atoms with E-state index < -0.39 is 25.4 Å². The second kappa shape index (κ2) is 3.05. The lowest BCUT2D eigenvalue weighted by molar-refractivity contribution is 0.777. The highest BCUT2D eigenvalue weighted by Gasteiger charge is 2.04. The lowest BCUT2D eigenvalue weighted by Crippen LogP contribution is -2.00. The van der Waals surface area contributed by atoms with Crippen LogP contribution in [0.15, 0.2) is 6.07 Å². The predicted molar refractivity (Wildman–Crippen MR) is 45.5 cm³/mol. The van der Waals surface area contributed by atoms with Crippen molar-refractivity contribution < 1.29 is 9.60 Å². The molecule has 0 aliphatic rings. The van der Waals surface area contributed by atoms with E-state index in [9.17, 15) is 0 Å². The van der Waals surface area contributed by atoms with Gasteiger partial charge in [-0.15, -0.1) is 0 Å². The van der Waals surface area contributed by atoms with Crippen LogP contribution in [0.5, 0.6) is 0 Å². The third-order valence-electron chi connectivity index (χ3n) is 0.938. The first kappa shape index (κ1) is 2.90. The highest BCUT2D eigenvalue weighted by Crippen LogP contribution is 2.14. The van der Waals surface area contributed by atoms with Crippen molar-refractivity contribution in [2.24, 2.45) is 0 Å². The molecule has 3 nitrogen and oxygen atoms in total. The number of rotatable bonds is 1. The fourth-order valence-corrected chi connectivity index (χ4v) is 0.739. The molecular formula is C7H10ClN3. The molecule has 0 saturated carbocycles. The molecule has 2 N–H and O–H groups in total. The SMILES string of the molecule is [2H]C([2H])([2H])C([2H])(c1nc(N)cc(Cl)n1)C([2H])([2H])[2H]. The minimum absolute atomic E-state index is 0.199. The van der Waals surface area contributed by atoms with Crippen LogP contribution in [-0.2, 0) is 0 Å². The van der Waals surface area contributed by atoms with E-state index in [0.717, 1.165) is 6.07 Å². The number of nitrogens with zero attached hydrogens (tertiary/aromatic N) is 2. The molecule has 11 heavy (non-hydrogen) atoms. The smallest absolute Gasteiger partial charge is 0.134 e. The van der Waals surface area contributed by atoms with Crippen molar-refractivity contribution >= 4 is 17.4 Å². The van der Waals surface area contributed by atoms with Crippen molar-refractivity contribution in [3.8, 4) is 0 Å². The first-order chi connectivity index (χ1) is 7.89. The molecule has 4 heteroatoms.